The average molecular weight is 262 g/mol. The minimum Gasteiger partial charge on any atom is -0.479 e. The lowest BCUT2D eigenvalue weighted by Gasteiger charge is -2.04. The Labute approximate surface area is 110 Å². The molecule has 19 heavy (non-hydrogen) atoms. The second kappa shape index (κ2) is 5.62. The Morgan fingerprint density at radius 3 is 2.74 bits per heavy atom. The molecule has 0 aliphatic carbocycles. The number of nitrogens with zero attached hydrogens (tertiary/aromatic N) is 2. The molecule has 0 radical (unpaired) electrons. The third-order valence-corrected chi connectivity index (χ3v) is 2.58. The Morgan fingerprint density at radius 2 is 2.11 bits per heavy atom. The van der Waals surface area contributed by atoms with Gasteiger partial charge in [0, 0.05) is 5.56 Å². The van der Waals surface area contributed by atoms with E-state index in [0.717, 1.165) is 11.1 Å². The van der Waals surface area contributed by atoms with Crippen LogP contribution in [0, 0.1) is 6.92 Å². The van der Waals surface area contributed by atoms with Crippen LogP contribution in [-0.2, 0) is 16.1 Å². The van der Waals surface area contributed by atoms with Gasteiger partial charge in [-0.15, -0.1) is 0 Å². The van der Waals surface area contributed by atoms with Gasteiger partial charge in [0.05, 0.1) is 0 Å². The summed E-state index contributed by atoms with van der Waals surface area (Å²) in [6, 6.07) is 7.66. The molecule has 0 saturated carbocycles. The molecule has 0 saturated heterocycles. The van der Waals surface area contributed by atoms with Crippen molar-refractivity contribution in [3.63, 3.8) is 0 Å². The smallest absolute Gasteiger partial charge is 0.332 e. The number of ether oxygens (including phenoxy) is 1. The van der Waals surface area contributed by atoms with E-state index in [4.69, 9.17) is 14.4 Å². The van der Waals surface area contributed by atoms with Crippen LogP contribution in [0.25, 0.3) is 11.5 Å². The molecule has 2 rings (SSSR count). The van der Waals surface area contributed by atoms with Gasteiger partial charge in [-0.3, -0.25) is 0 Å². The van der Waals surface area contributed by atoms with Gasteiger partial charge in [0.1, 0.15) is 6.61 Å². The Bertz CT molecular complexity index is 562. The lowest BCUT2D eigenvalue weighted by molar-refractivity contribution is -0.150. The molecule has 0 aliphatic heterocycles. The van der Waals surface area contributed by atoms with Crippen LogP contribution in [0.5, 0.6) is 0 Å². The van der Waals surface area contributed by atoms with Gasteiger partial charge in [-0.25, -0.2) is 4.79 Å². The molecule has 6 heteroatoms. The van der Waals surface area contributed by atoms with E-state index in [1.807, 2.05) is 31.2 Å². The predicted molar refractivity (Wildman–Crippen MR) is 66.4 cm³/mol. The van der Waals surface area contributed by atoms with E-state index in [1.165, 1.54) is 6.92 Å². The molecule has 0 unspecified atom stereocenters. The predicted octanol–water partition coefficient (Wildman–Crippen LogP) is 2.03. The molecule has 0 aliphatic rings. The zero-order valence-electron chi connectivity index (χ0n) is 10.7. The quantitative estimate of drug-likeness (QED) is 0.887. The molecule has 0 amide bonds. The molecule has 1 atom stereocenters. The largest absolute Gasteiger partial charge is 0.479 e. The molecule has 0 fully saturated rings. The maximum Gasteiger partial charge on any atom is 0.332 e. The van der Waals surface area contributed by atoms with Crippen molar-refractivity contribution in [1.82, 2.24) is 10.1 Å². The van der Waals surface area contributed by atoms with Gasteiger partial charge in [0.2, 0.25) is 0 Å². The van der Waals surface area contributed by atoms with Crippen molar-refractivity contribution < 1.29 is 19.2 Å². The fourth-order valence-electron chi connectivity index (χ4n) is 1.40. The monoisotopic (exact) mass is 262 g/mol. The van der Waals surface area contributed by atoms with Crippen LogP contribution >= 0.6 is 0 Å². The third-order valence-electron chi connectivity index (χ3n) is 2.58. The zero-order chi connectivity index (χ0) is 13.8. The van der Waals surface area contributed by atoms with Crippen LogP contribution in [0.1, 0.15) is 18.3 Å². The molecular weight excluding hydrogens is 248 g/mol. The van der Waals surface area contributed by atoms with Crippen molar-refractivity contribution in [1.29, 1.82) is 0 Å². The minimum absolute atomic E-state index is 0.00281. The molecule has 2 aromatic rings. The molecule has 1 aromatic heterocycles. The van der Waals surface area contributed by atoms with Gasteiger partial charge in [-0.05, 0) is 26.0 Å². The molecule has 0 bridgehead atoms. The highest BCUT2D eigenvalue weighted by molar-refractivity contribution is 5.71. The Hall–Kier alpha value is -2.21. The fraction of sp³-hybridized carbons (Fsp3) is 0.308. The Morgan fingerprint density at radius 1 is 1.42 bits per heavy atom. The van der Waals surface area contributed by atoms with Crippen molar-refractivity contribution in [3.8, 4) is 11.5 Å². The Kier molecular flexibility index (Phi) is 3.91. The number of aromatic nitrogens is 2. The van der Waals surface area contributed by atoms with Crippen LogP contribution in [0.3, 0.4) is 0 Å². The summed E-state index contributed by atoms with van der Waals surface area (Å²) in [5, 5.41) is 12.4. The van der Waals surface area contributed by atoms with Gasteiger partial charge in [-0.2, -0.15) is 4.98 Å². The van der Waals surface area contributed by atoms with Crippen LogP contribution in [-0.4, -0.2) is 27.3 Å². The van der Waals surface area contributed by atoms with E-state index >= 15 is 0 Å². The number of benzene rings is 1. The lowest BCUT2D eigenvalue weighted by atomic mass is 10.1. The topological polar surface area (TPSA) is 85.5 Å². The molecule has 1 N–H and O–H groups in total. The highest BCUT2D eigenvalue weighted by Gasteiger charge is 2.14. The molecule has 0 spiro atoms. The van der Waals surface area contributed by atoms with E-state index in [2.05, 4.69) is 10.1 Å². The normalized spacial score (nSPS) is 12.3. The molecular formula is C13H14N2O4. The average Bonchev–Trinajstić information content (AvgIpc) is 2.85. The van der Waals surface area contributed by atoms with E-state index in [1.54, 1.807) is 0 Å². The second-order valence-electron chi connectivity index (χ2n) is 4.17. The summed E-state index contributed by atoms with van der Waals surface area (Å²) in [7, 11) is 0. The van der Waals surface area contributed by atoms with Crippen molar-refractivity contribution >= 4 is 5.97 Å². The SMILES string of the molecule is Cc1ccc(-c2nc(CO[C@@H](C)C(=O)O)no2)cc1. The lowest BCUT2D eigenvalue weighted by Crippen LogP contribution is -2.19. The molecule has 1 aromatic carbocycles. The summed E-state index contributed by atoms with van der Waals surface area (Å²) in [5.74, 6) is -0.312. The van der Waals surface area contributed by atoms with Gasteiger partial charge in [0.15, 0.2) is 11.9 Å². The summed E-state index contributed by atoms with van der Waals surface area (Å²) < 4.78 is 10.2. The van der Waals surface area contributed by atoms with Crippen molar-refractivity contribution in [2.75, 3.05) is 0 Å². The van der Waals surface area contributed by atoms with Crippen molar-refractivity contribution in [2.45, 2.75) is 26.6 Å². The van der Waals surface area contributed by atoms with Crippen LogP contribution in [0.4, 0.5) is 0 Å². The number of aryl methyl sites for hydroxylation is 1. The van der Waals surface area contributed by atoms with Gasteiger partial charge in [-0.1, -0.05) is 22.9 Å². The summed E-state index contributed by atoms with van der Waals surface area (Å²) in [4.78, 5) is 14.7. The van der Waals surface area contributed by atoms with Crippen molar-refractivity contribution in [3.05, 3.63) is 35.7 Å². The number of hydrogen-bond donors (Lipinski definition) is 1. The Balaban J connectivity index is 2.03. The number of carboxylic acid groups (broad SMARTS) is 1. The summed E-state index contributed by atoms with van der Waals surface area (Å²) in [6.45, 7) is 3.44. The minimum atomic E-state index is -1.03. The van der Waals surface area contributed by atoms with Gasteiger partial charge < -0.3 is 14.4 Å². The van der Waals surface area contributed by atoms with Crippen LogP contribution in [0.15, 0.2) is 28.8 Å². The highest BCUT2D eigenvalue weighted by atomic mass is 16.5. The number of rotatable bonds is 5. The van der Waals surface area contributed by atoms with E-state index in [-0.39, 0.29) is 6.61 Å². The van der Waals surface area contributed by atoms with Crippen LogP contribution in [0.2, 0.25) is 0 Å². The number of hydrogen-bond acceptors (Lipinski definition) is 5. The third kappa shape index (κ3) is 3.38. The maximum atomic E-state index is 10.6. The maximum absolute atomic E-state index is 10.6. The molecule has 6 nitrogen and oxygen atoms in total. The van der Waals surface area contributed by atoms with Gasteiger partial charge in [0.25, 0.3) is 5.89 Å². The first-order valence-corrected chi connectivity index (χ1v) is 5.80. The van der Waals surface area contributed by atoms with E-state index in [0.29, 0.717) is 11.7 Å². The van der Waals surface area contributed by atoms with Crippen molar-refractivity contribution in [2.24, 2.45) is 0 Å². The van der Waals surface area contributed by atoms with E-state index in [9.17, 15) is 4.79 Å². The fourth-order valence-corrected chi connectivity index (χ4v) is 1.40. The number of aliphatic carboxylic acids is 1. The van der Waals surface area contributed by atoms with Gasteiger partial charge >= 0.3 is 5.97 Å². The number of carbonyl (C=O) groups is 1. The second-order valence-corrected chi connectivity index (χ2v) is 4.17. The zero-order valence-corrected chi connectivity index (χ0v) is 10.7. The summed E-state index contributed by atoms with van der Waals surface area (Å²) in [6.07, 6.45) is -0.902. The van der Waals surface area contributed by atoms with Crippen LogP contribution < -0.4 is 0 Å². The highest BCUT2D eigenvalue weighted by Crippen LogP contribution is 2.17. The first-order chi connectivity index (χ1) is 9.06. The first kappa shape index (κ1) is 13.2. The number of carboxylic acids is 1. The first-order valence-electron chi connectivity index (χ1n) is 5.80. The summed E-state index contributed by atoms with van der Waals surface area (Å²) >= 11 is 0. The molecule has 100 valence electrons. The molecule has 1 heterocycles. The summed E-state index contributed by atoms with van der Waals surface area (Å²) in [5.41, 5.74) is 1.96. The van der Waals surface area contributed by atoms with E-state index < -0.39 is 12.1 Å². The standard InChI is InChI=1S/C13H14N2O4/c1-8-3-5-10(6-4-8)12-14-11(15-19-12)7-18-9(2)13(16)17/h3-6,9H,7H2,1-2H3,(H,16,17)/t9-/m0/s1.